The summed E-state index contributed by atoms with van der Waals surface area (Å²) < 4.78 is 9.78. The monoisotopic (exact) mass is 408 g/mol. The van der Waals surface area contributed by atoms with E-state index in [9.17, 15) is 19.7 Å². The van der Waals surface area contributed by atoms with Crippen LogP contribution < -0.4 is 4.90 Å². The molecule has 28 heavy (non-hydrogen) atoms. The molecule has 0 radical (unpaired) electrons. The first kappa shape index (κ1) is 21.0. The fourth-order valence-corrected chi connectivity index (χ4v) is 2.51. The first-order valence-electron chi connectivity index (χ1n) is 8.26. The van der Waals surface area contributed by atoms with E-state index in [0.717, 1.165) is 0 Å². The molecule has 148 valence electrons. The highest BCUT2D eigenvalue weighted by Gasteiger charge is 2.34. The van der Waals surface area contributed by atoms with Crippen LogP contribution in [0.1, 0.15) is 24.3 Å². The lowest BCUT2D eigenvalue weighted by Crippen LogP contribution is -2.29. The number of para-hydroxylation sites is 1. The summed E-state index contributed by atoms with van der Waals surface area (Å²) in [6.07, 6.45) is 0. The summed E-state index contributed by atoms with van der Waals surface area (Å²) in [6, 6.07) is 8.31. The van der Waals surface area contributed by atoms with E-state index in [0.29, 0.717) is 5.69 Å². The molecule has 0 spiro atoms. The van der Waals surface area contributed by atoms with Crippen molar-refractivity contribution >= 4 is 40.7 Å². The van der Waals surface area contributed by atoms with Gasteiger partial charge in [0.25, 0.3) is 0 Å². The largest absolute Gasteiger partial charge is 0.465 e. The van der Waals surface area contributed by atoms with E-state index in [1.165, 1.54) is 4.90 Å². The van der Waals surface area contributed by atoms with Crippen molar-refractivity contribution in [2.24, 2.45) is 0 Å². The average Bonchev–Trinajstić information content (AvgIpc) is 2.66. The van der Waals surface area contributed by atoms with E-state index in [4.69, 9.17) is 21.1 Å². The molecule has 2 aromatic rings. The van der Waals surface area contributed by atoms with E-state index in [1.54, 1.807) is 44.2 Å². The lowest BCUT2D eigenvalue weighted by molar-refractivity contribution is -0.384. The van der Waals surface area contributed by atoms with E-state index < -0.39 is 40.1 Å². The number of aromatic nitrogens is 2. The molecular weight excluding hydrogens is 392 g/mol. The molecule has 0 saturated carbocycles. The number of halogens is 1. The van der Waals surface area contributed by atoms with Crippen molar-refractivity contribution in [3.05, 3.63) is 51.4 Å². The summed E-state index contributed by atoms with van der Waals surface area (Å²) in [4.78, 5) is 44.0. The van der Waals surface area contributed by atoms with Gasteiger partial charge in [0, 0.05) is 5.69 Å². The quantitative estimate of drug-likeness (QED) is 0.280. The Kier molecular flexibility index (Phi) is 7.21. The first-order chi connectivity index (χ1) is 13.4. The summed E-state index contributed by atoms with van der Waals surface area (Å²) in [6.45, 7) is 2.90. The molecule has 10 nitrogen and oxygen atoms in total. The minimum atomic E-state index is -1.02. The highest BCUT2D eigenvalue weighted by atomic mass is 35.5. The summed E-state index contributed by atoms with van der Waals surface area (Å²) in [5.74, 6) is -2.00. The number of esters is 2. The van der Waals surface area contributed by atoms with E-state index in [1.807, 2.05) is 0 Å². The topological polar surface area (TPSA) is 125 Å². The van der Waals surface area contributed by atoms with Crippen molar-refractivity contribution in [1.82, 2.24) is 9.97 Å². The number of nitro groups is 1. The van der Waals surface area contributed by atoms with E-state index in [-0.39, 0.29) is 19.0 Å². The van der Waals surface area contributed by atoms with E-state index in [2.05, 4.69) is 9.97 Å². The minimum Gasteiger partial charge on any atom is -0.465 e. The van der Waals surface area contributed by atoms with Gasteiger partial charge in [-0.3, -0.25) is 14.9 Å². The van der Waals surface area contributed by atoms with Gasteiger partial charge in [0.2, 0.25) is 16.8 Å². The second kappa shape index (κ2) is 9.60. The number of carbonyl (C=O) groups is 2. The number of benzene rings is 1. The number of carbonyl (C=O) groups excluding carboxylic acids is 2. The van der Waals surface area contributed by atoms with Gasteiger partial charge >= 0.3 is 17.6 Å². The van der Waals surface area contributed by atoms with Gasteiger partial charge in [-0.25, -0.2) is 9.78 Å². The van der Waals surface area contributed by atoms with Crippen LogP contribution in [0.4, 0.5) is 17.2 Å². The van der Waals surface area contributed by atoms with Gasteiger partial charge in [0.15, 0.2) is 0 Å². The predicted molar refractivity (Wildman–Crippen MR) is 99.7 cm³/mol. The Morgan fingerprint density at radius 3 is 2.36 bits per heavy atom. The Bertz CT molecular complexity index is 877. The third-order valence-electron chi connectivity index (χ3n) is 3.41. The molecule has 0 N–H and O–H groups in total. The summed E-state index contributed by atoms with van der Waals surface area (Å²) in [5, 5.41) is 11.3. The molecule has 2 rings (SSSR count). The number of rotatable bonds is 8. The van der Waals surface area contributed by atoms with Crippen molar-refractivity contribution in [1.29, 1.82) is 0 Å². The molecule has 0 saturated heterocycles. The average molecular weight is 409 g/mol. The van der Waals surface area contributed by atoms with Gasteiger partial charge in [0.05, 0.1) is 18.1 Å². The van der Waals surface area contributed by atoms with Crippen LogP contribution in [0.25, 0.3) is 0 Å². The van der Waals surface area contributed by atoms with Crippen LogP contribution in [0.15, 0.2) is 30.3 Å². The SMILES string of the molecule is CCOC(=O)CN(c1ccccc1)c1nc(Cl)nc(C(=O)OCC)c1[N+](=O)[O-]. The molecule has 0 atom stereocenters. The zero-order valence-corrected chi connectivity index (χ0v) is 15.9. The van der Waals surface area contributed by atoms with Crippen LogP contribution in [-0.4, -0.2) is 46.6 Å². The van der Waals surface area contributed by atoms with Gasteiger partial charge in [0.1, 0.15) is 6.54 Å². The zero-order chi connectivity index (χ0) is 20.7. The Morgan fingerprint density at radius 1 is 1.14 bits per heavy atom. The summed E-state index contributed by atoms with van der Waals surface area (Å²) in [7, 11) is 0. The highest BCUT2D eigenvalue weighted by molar-refractivity contribution is 6.28. The third-order valence-corrected chi connectivity index (χ3v) is 3.57. The second-order valence-electron chi connectivity index (χ2n) is 5.22. The molecule has 0 bridgehead atoms. The molecule has 0 amide bonds. The molecule has 0 aliphatic rings. The fourth-order valence-electron chi connectivity index (χ4n) is 2.35. The lowest BCUT2D eigenvalue weighted by atomic mass is 10.2. The highest BCUT2D eigenvalue weighted by Crippen LogP contribution is 2.35. The second-order valence-corrected chi connectivity index (χ2v) is 5.56. The molecule has 0 unspecified atom stereocenters. The smallest absolute Gasteiger partial charge is 0.364 e. The third kappa shape index (κ3) is 4.92. The maximum atomic E-state index is 12.2. The Balaban J connectivity index is 2.69. The van der Waals surface area contributed by atoms with Crippen molar-refractivity contribution in [2.75, 3.05) is 24.7 Å². The normalized spacial score (nSPS) is 10.2. The molecule has 0 aliphatic carbocycles. The molecule has 1 aromatic carbocycles. The number of hydrogen-bond donors (Lipinski definition) is 0. The van der Waals surface area contributed by atoms with Gasteiger partial charge in [-0.1, -0.05) is 18.2 Å². The molecule has 1 heterocycles. The van der Waals surface area contributed by atoms with Crippen LogP contribution in [0.5, 0.6) is 0 Å². The van der Waals surface area contributed by atoms with Gasteiger partial charge in [-0.15, -0.1) is 0 Å². The van der Waals surface area contributed by atoms with Crippen LogP contribution in [0.3, 0.4) is 0 Å². The number of hydrogen-bond acceptors (Lipinski definition) is 9. The zero-order valence-electron chi connectivity index (χ0n) is 15.1. The first-order valence-corrected chi connectivity index (χ1v) is 8.64. The van der Waals surface area contributed by atoms with E-state index >= 15 is 0 Å². The molecular formula is C17H17ClN4O6. The number of ether oxygens (including phenoxy) is 2. The van der Waals surface area contributed by atoms with Gasteiger partial charge in [-0.05, 0) is 37.6 Å². The Hall–Kier alpha value is -3.27. The van der Waals surface area contributed by atoms with Crippen LogP contribution in [-0.2, 0) is 14.3 Å². The lowest BCUT2D eigenvalue weighted by Gasteiger charge is -2.23. The Morgan fingerprint density at radius 2 is 1.79 bits per heavy atom. The van der Waals surface area contributed by atoms with Crippen molar-refractivity contribution in [3.8, 4) is 0 Å². The van der Waals surface area contributed by atoms with Crippen molar-refractivity contribution in [2.45, 2.75) is 13.8 Å². The standard InChI is InChI=1S/C17H17ClN4O6/c1-3-27-12(23)10-21(11-8-6-5-7-9-11)15-14(22(25)26)13(16(24)28-4-2)19-17(18)20-15/h5-9H,3-4,10H2,1-2H3. The predicted octanol–water partition coefficient (Wildman–Crippen LogP) is 2.92. The maximum absolute atomic E-state index is 12.2. The van der Waals surface area contributed by atoms with Gasteiger partial charge < -0.3 is 14.4 Å². The minimum absolute atomic E-state index is 0.0157. The Labute approximate surface area is 165 Å². The fraction of sp³-hybridized carbons (Fsp3) is 0.294. The van der Waals surface area contributed by atoms with Crippen LogP contribution in [0.2, 0.25) is 5.28 Å². The van der Waals surface area contributed by atoms with Crippen LogP contribution in [0, 0.1) is 10.1 Å². The molecule has 0 fully saturated rings. The molecule has 11 heteroatoms. The molecule has 0 aliphatic heterocycles. The number of anilines is 2. The van der Waals surface area contributed by atoms with Crippen molar-refractivity contribution in [3.63, 3.8) is 0 Å². The van der Waals surface area contributed by atoms with Crippen LogP contribution >= 0.6 is 11.6 Å². The summed E-state index contributed by atoms with van der Waals surface area (Å²) >= 11 is 5.90. The maximum Gasteiger partial charge on any atom is 0.364 e. The number of nitrogens with zero attached hydrogens (tertiary/aromatic N) is 4. The van der Waals surface area contributed by atoms with Gasteiger partial charge in [-0.2, -0.15) is 4.98 Å². The summed E-state index contributed by atoms with van der Waals surface area (Å²) in [5.41, 5.74) is -0.925. The molecule has 1 aromatic heterocycles. The van der Waals surface area contributed by atoms with Crippen molar-refractivity contribution < 1.29 is 24.0 Å².